The van der Waals surface area contributed by atoms with Crippen LogP contribution in [0.15, 0.2) is 122 Å². The summed E-state index contributed by atoms with van der Waals surface area (Å²) in [6, 6.07) is 32.7. The van der Waals surface area contributed by atoms with E-state index in [-0.39, 0.29) is 0 Å². The van der Waals surface area contributed by atoms with Crippen molar-refractivity contribution in [2.45, 2.75) is 13.0 Å². The zero-order chi connectivity index (χ0) is 31.7. The molecule has 0 unspecified atom stereocenters. The Kier molecular flexibility index (Phi) is 9.54. The number of anilines is 2. The molecule has 0 bridgehead atoms. The van der Waals surface area contributed by atoms with Gasteiger partial charge in [0.1, 0.15) is 11.6 Å². The fourth-order valence-corrected chi connectivity index (χ4v) is 5.83. The minimum Gasteiger partial charge on any atom is -0.493 e. The third-order valence-corrected chi connectivity index (χ3v) is 8.35. The molecule has 0 radical (unpaired) electrons. The average molecular weight is 623 g/mol. The third kappa shape index (κ3) is 8.07. The highest BCUT2D eigenvalue weighted by molar-refractivity contribution is 5.71. The van der Waals surface area contributed by atoms with Gasteiger partial charge in [-0.3, -0.25) is 9.88 Å². The van der Waals surface area contributed by atoms with Gasteiger partial charge >= 0.3 is 0 Å². The molecule has 0 saturated carbocycles. The zero-order valence-electron chi connectivity index (χ0n) is 26.3. The van der Waals surface area contributed by atoms with Gasteiger partial charge in [-0.1, -0.05) is 54.6 Å². The summed E-state index contributed by atoms with van der Waals surface area (Å²) >= 11 is 0. The highest BCUT2D eigenvalue weighted by Crippen LogP contribution is 2.27. The van der Waals surface area contributed by atoms with Crippen molar-refractivity contribution in [3.8, 4) is 39.7 Å². The summed E-state index contributed by atoms with van der Waals surface area (Å²) in [6.07, 6.45) is 8.28. The highest BCUT2D eigenvalue weighted by Gasteiger charge is 2.16. The first-order chi connectivity index (χ1) is 23.2. The molecule has 3 aromatic carbocycles. The van der Waals surface area contributed by atoms with Crippen LogP contribution in [-0.4, -0.2) is 74.1 Å². The van der Waals surface area contributed by atoms with Crippen LogP contribution in [0.3, 0.4) is 0 Å². The quantitative estimate of drug-likeness (QED) is 0.142. The number of hydrogen-bond acceptors (Lipinski definition) is 8. The van der Waals surface area contributed by atoms with Crippen LogP contribution in [0, 0.1) is 0 Å². The Morgan fingerprint density at radius 3 is 2.38 bits per heavy atom. The van der Waals surface area contributed by atoms with E-state index in [1.54, 1.807) is 6.20 Å². The van der Waals surface area contributed by atoms with Gasteiger partial charge in [0.15, 0.2) is 0 Å². The average Bonchev–Trinajstić information content (AvgIpc) is 3.63. The Morgan fingerprint density at radius 1 is 0.723 bits per heavy atom. The lowest BCUT2D eigenvalue weighted by Crippen LogP contribution is -2.46. The Bertz CT molecular complexity index is 1870. The highest BCUT2D eigenvalue weighted by atomic mass is 16.5. The van der Waals surface area contributed by atoms with Gasteiger partial charge in [-0.05, 0) is 59.5 Å². The van der Waals surface area contributed by atoms with E-state index < -0.39 is 0 Å². The van der Waals surface area contributed by atoms with Gasteiger partial charge in [0.2, 0.25) is 5.95 Å². The second-order valence-corrected chi connectivity index (χ2v) is 11.7. The number of ether oxygens (including phenoxy) is 1. The van der Waals surface area contributed by atoms with E-state index in [4.69, 9.17) is 9.72 Å². The van der Waals surface area contributed by atoms with E-state index in [2.05, 4.69) is 83.6 Å². The molecule has 1 fully saturated rings. The van der Waals surface area contributed by atoms with E-state index >= 15 is 0 Å². The van der Waals surface area contributed by atoms with Gasteiger partial charge in [0.25, 0.3) is 0 Å². The summed E-state index contributed by atoms with van der Waals surface area (Å²) in [6.45, 7) is 7.05. The van der Waals surface area contributed by atoms with Crippen molar-refractivity contribution in [3.05, 3.63) is 127 Å². The second kappa shape index (κ2) is 14.8. The molecule has 9 nitrogen and oxygen atoms in total. The van der Waals surface area contributed by atoms with Crippen LogP contribution in [-0.2, 0) is 6.54 Å². The number of aromatic nitrogens is 5. The number of aromatic amines is 1. The lowest BCUT2D eigenvalue weighted by molar-refractivity contribution is 0.121. The van der Waals surface area contributed by atoms with Crippen LogP contribution >= 0.6 is 0 Å². The van der Waals surface area contributed by atoms with Gasteiger partial charge in [0, 0.05) is 75.2 Å². The Labute approximate surface area is 275 Å². The summed E-state index contributed by atoms with van der Waals surface area (Å²) in [5, 5.41) is 3.33. The molecule has 1 aliphatic heterocycles. The van der Waals surface area contributed by atoms with Crippen molar-refractivity contribution in [2.24, 2.45) is 0 Å². The van der Waals surface area contributed by atoms with Crippen LogP contribution in [0.25, 0.3) is 33.9 Å². The molecule has 6 aromatic rings. The number of piperazine rings is 1. The lowest BCUT2D eigenvalue weighted by Gasteiger charge is -2.34. The summed E-state index contributed by atoms with van der Waals surface area (Å²) in [4.78, 5) is 26.4. The standard InChI is InChI=1S/C38H38N8O/c1-2-7-30(8-3-1)31-9-4-10-32(25-31)37-41-27-36(43-37)35-15-18-40-38(44-35)42-33-11-5-12-34(26-33)47-24-6-19-45-20-22-46(23-21-45)28-29-13-16-39-17-14-29/h1-5,7-18,25-27H,6,19-24,28H2,(H,41,43)(H,40,42,44). The first-order valence-corrected chi connectivity index (χ1v) is 16.1. The number of hydrogen-bond donors (Lipinski definition) is 2. The molecular weight excluding hydrogens is 584 g/mol. The zero-order valence-corrected chi connectivity index (χ0v) is 26.3. The molecule has 236 valence electrons. The molecule has 0 aliphatic carbocycles. The number of pyridine rings is 1. The van der Waals surface area contributed by atoms with Crippen molar-refractivity contribution in [1.29, 1.82) is 0 Å². The van der Waals surface area contributed by atoms with Crippen LogP contribution in [0.2, 0.25) is 0 Å². The first-order valence-electron chi connectivity index (χ1n) is 16.1. The molecule has 0 amide bonds. The van der Waals surface area contributed by atoms with Crippen molar-refractivity contribution in [1.82, 2.24) is 34.7 Å². The Hall–Kier alpha value is -5.38. The number of imidazole rings is 1. The van der Waals surface area contributed by atoms with E-state index in [0.717, 1.165) is 85.5 Å². The third-order valence-electron chi connectivity index (χ3n) is 8.35. The number of nitrogens with one attached hydrogen (secondary N) is 2. The van der Waals surface area contributed by atoms with Crippen molar-refractivity contribution in [3.63, 3.8) is 0 Å². The van der Waals surface area contributed by atoms with Gasteiger partial charge in [-0.25, -0.2) is 15.0 Å². The molecule has 3 aromatic heterocycles. The summed E-state index contributed by atoms with van der Waals surface area (Å²) in [5.41, 5.74) is 7.10. The largest absolute Gasteiger partial charge is 0.493 e. The van der Waals surface area contributed by atoms with E-state index in [1.165, 1.54) is 11.1 Å². The maximum Gasteiger partial charge on any atom is 0.227 e. The van der Waals surface area contributed by atoms with E-state index in [1.807, 2.05) is 67.1 Å². The first kappa shape index (κ1) is 30.3. The fraction of sp³-hybridized carbons (Fsp3) is 0.211. The number of nitrogens with zero attached hydrogens (tertiary/aromatic N) is 6. The van der Waals surface area contributed by atoms with Crippen molar-refractivity contribution >= 4 is 11.6 Å². The van der Waals surface area contributed by atoms with Crippen LogP contribution in [0.5, 0.6) is 5.75 Å². The number of benzene rings is 3. The maximum atomic E-state index is 6.11. The van der Waals surface area contributed by atoms with Crippen molar-refractivity contribution in [2.75, 3.05) is 44.6 Å². The van der Waals surface area contributed by atoms with Gasteiger partial charge in [-0.2, -0.15) is 0 Å². The Balaban J connectivity index is 0.902. The molecule has 47 heavy (non-hydrogen) atoms. The predicted molar refractivity (Wildman–Crippen MR) is 186 cm³/mol. The second-order valence-electron chi connectivity index (χ2n) is 11.7. The lowest BCUT2D eigenvalue weighted by atomic mass is 10.0. The molecule has 7 rings (SSSR count). The molecular formula is C38H38N8O. The van der Waals surface area contributed by atoms with E-state index in [0.29, 0.717) is 12.6 Å². The summed E-state index contributed by atoms with van der Waals surface area (Å²) < 4.78 is 6.11. The topological polar surface area (TPSA) is 95.1 Å². The summed E-state index contributed by atoms with van der Waals surface area (Å²) in [7, 11) is 0. The molecule has 0 spiro atoms. The smallest absolute Gasteiger partial charge is 0.227 e. The molecule has 1 aliphatic rings. The molecule has 9 heteroatoms. The van der Waals surface area contributed by atoms with Crippen LogP contribution < -0.4 is 10.1 Å². The number of rotatable bonds is 12. The molecule has 4 heterocycles. The minimum atomic E-state index is 0.505. The van der Waals surface area contributed by atoms with Crippen molar-refractivity contribution < 1.29 is 4.74 Å². The fourth-order valence-electron chi connectivity index (χ4n) is 5.83. The molecule has 1 saturated heterocycles. The van der Waals surface area contributed by atoms with Crippen LogP contribution in [0.4, 0.5) is 11.6 Å². The number of H-pyrrole nitrogens is 1. The monoisotopic (exact) mass is 622 g/mol. The molecule has 2 N–H and O–H groups in total. The normalized spacial score (nSPS) is 13.8. The molecule has 0 atom stereocenters. The van der Waals surface area contributed by atoms with Gasteiger partial charge < -0.3 is 19.9 Å². The predicted octanol–water partition coefficient (Wildman–Crippen LogP) is 6.93. The van der Waals surface area contributed by atoms with Crippen LogP contribution in [0.1, 0.15) is 12.0 Å². The van der Waals surface area contributed by atoms with Gasteiger partial charge in [0.05, 0.1) is 24.2 Å². The summed E-state index contributed by atoms with van der Waals surface area (Å²) in [5.74, 6) is 2.12. The van der Waals surface area contributed by atoms with Gasteiger partial charge in [-0.15, -0.1) is 0 Å². The Morgan fingerprint density at radius 2 is 1.51 bits per heavy atom. The maximum absolute atomic E-state index is 6.11. The minimum absolute atomic E-state index is 0.505. The SMILES string of the molecule is c1ccc(-c2cccc(-c3ncc(-c4ccnc(Nc5cccc(OCCCN6CCN(Cc7ccncc7)CC6)c5)n4)[nH]3)c2)cc1. The van der Waals surface area contributed by atoms with E-state index in [9.17, 15) is 0 Å².